The molecule has 8 rings (SSSR count). The molecule has 2 atom stereocenters. The number of pyridine rings is 2. The average molecular weight is 1260 g/mol. The van der Waals surface area contributed by atoms with Gasteiger partial charge in [0.05, 0.1) is 38.7 Å². The van der Waals surface area contributed by atoms with E-state index in [0.717, 1.165) is 32.4 Å². The van der Waals surface area contributed by atoms with Gasteiger partial charge in [-0.15, -0.1) is 0 Å². The van der Waals surface area contributed by atoms with E-state index in [9.17, 15) is 18.9 Å². The summed E-state index contributed by atoms with van der Waals surface area (Å²) in [5.74, 6) is 0.620. The van der Waals surface area contributed by atoms with Crippen molar-refractivity contribution in [2.75, 3.05) is 18.9 Å². The second-order valence-electron chi connectivity index (χ2n) is 22.1. The number of imidazole rings is 2. The molecular formula is C56H70Br2F2N12O6Si2. The third kappa shape index (κ3) is 14.3. The van der Waals surface area contributed by atoms with E-state index < -0.39 is 45.4 Å². The molecule has 0 bridgehead atoms. The lowest BCUT2D eigenvalue weighted by atomic mass is 10.0. The summed E-state index contributed by atoms with van der Waals surface area (Å²) in [4.78, 5) is 28.4. The fraction of sp³-hybridized carbons (Fsp3) is 0.393. The van der Waals surface area contributed by atoms with Crippen molar-refractivity contribution in [2.45, 2.75) is 130 Å². The maximum atomic E-state index is 14.8. The van der Waals surface area contributed by atoms with E-state index in [1.165, 1.54) is 36.5 Å². The van der Waals surface area contributed by atoms with Crippen LogP contribution in [-0.4, -0.2) is 83.4 Å². The number of aryl methyl sites for hydroxylation is 2. The number of halogens is 4. The van der Waals surface area contributed by atoms with Crippen LogP contribution < -0.4 is 15.2 Å². The lowest BCUT2D eigenvalue weighted by Gasteiger charge is -2.37. The van der Waals surface area contributed by atoms with Crippen LogP contribution in [0.5, 0.6) is 11.5 Å². The number of hydrogen-bond acceptors (Lipinski definition) is 13. The third-order valence-electron chi connectivity index (χ3n) is 14.7. The average Bonchev–Trinajstić information content (AvgIpc) is 4.29. The monoisotopic (exact) mass is 1260 g/mol. The molecular weight excluding hydrogens is 1190 g/mol. The highest BCUT2D eigenvalue weighted by Gasteiger charge is 2.40. The van der Waals surface area contributed by atoms with Gasteiger partial charge in [-0.3, -0.25) is 9.36 Å². The van der Waals surface area contributed by atoms with Gasteiger partial charge < -0.3 is 43.3 Å². The van der Waals surface area contributed by atoms with Gasteiger partial charge in [0.25, 0.3) is 0 Å². The predicted octanol–water partition coefficient (Wildman–Crippen LogP) is 14.0. The molecule has 2 unspecified atom stereocenters. The first-order chi connectivity index (χ1) is 37.7. The van der Waals surface area contributed by atoms with E-state index in [0.29, 0.717) is 53.7 Å². The molecule has 6 heterocycles. The molecule has 2 N–H and O–H groups in total. The Hall–Kier alpha value is -6.45. The topological polar surface area (TPSA) is 203 Å². The zero-order valence-corrected chi connectivity index (χ0v) is 52.4. The Balaban J connectivity index is 0.000000231. The van der Waals surface area contributed by atoms with Gasteiger partial charge in [-0.2, -0.15) is 10.2 Å². The van der Waals surface area contributed by atoms with Crippen LogP contribution in [0.1, 0.15) is 89.9 Å². The first-order valence-corrected chi connectivity index (χ1v) is 33.6. The van der Waals surface area contributed by atoms with Gasteiger partial charge in [0, 0.05) is 77.5 Å². The van der Waals surface area contributed by atoms with Gasteiger partial charge in [0.15, 0.2) is 28.2 Å². The first-order valence-electron chi connectivity index (χ1n) is 26.2. The molecule has 18 nitrogen and oxygen atoms in total. The summed E-state index contributed by atoms with van der Waals surface area (Å²) >= 11 is 7.27. The number of nitro groups is 1. The van der Waals surface area contributed by atoms with E-state index in [-0.39, 0.29) is 40.7 Å². The summed E-state index contributed by atoms with van der Waals surface area (Å²) in [6, 6.07) is 15.6. The van der Waals surface area contributed by atoms with Crippen LogP contribution in [0, 0.1) is 21.7 Å². The van der Waals surface area contributed by atoms with Crippen molar-refractivity contribution in [3.63, 3.8) is 0 Å². The van der Waals surface area contributed by atoms with Gasteiger partial charge in [-0.05, 0) is 153 Å². The number of nitrogens with two attached hydrogens (primary N) is 1. The summed E-state index contributed by atoms with van der Waals surface area (Å²) in [6.45, 7) is 28.2. The minimum Gasteiger partial charge on any atom is -0.479 e. The standard InChI is InChI=1S/C28H34BrFN6O4Si.C28H36BrFN6O2Si/c1-7-35-25(29)19(16-33-35)17-34-14-13-32-26(34)21-11-10-20(30)15-22(21)24(18-39-41(5,6)28(2,3)4)40-23-9-8-12-31-27(23)36(37)38;1-7-36-25(29)19(16-34-36)17-35-14-13-33-27(35)21-11-10-20(30)15-22(21)24(18-37-39(5,6)28(2,3)4)38-23-9-8-12-32-26(23)31/h8-16,24H,7,17-18H2,1-6H3;8-16,24H,7,17-18H2,1-6H3,(H2,31,32). The van der Waals surface area contributed by atoms with Crippen molar-refractivity contribution >= 4 is 60.1 Å². The van der Waals surface area contributed by atoms with E-state index in [2.05, 4.69) is 130 Å². The molecule has 0 amide bonds. The summed E-state index contributed by atoms with van der Waals surface area (Å²) in [5.41, 5.74) is 10.5. The van der Waals surface area contributed by atoms with Gasteiger partial charge in [0.1, 0.15) is 50.9 Å². The lowest BCUT2D eigenvalue weighted by Crippen LogP contribution is -2.42. The minimum atomic E-state index is -2.28. The number of nitrogens with zero attached hydrogens (tertiary/aromatic N) is 11. The Labute approximate surface area is 484 Å². The quantitative estimate of drug-likeness (QED) is 0.0405. The van der Waals surface area contributed by atoms with Gasteiger partial charge in [0.2, 0.25) is 5.75 Å². The molecule has 0 aliphatic carbocycles. The number of rotatable bonds is 21. The fourth-order valence-corrected chi connectivity index (χ4v) is 11.1. The highest BCUT2D eigenvalue weighted by Crippen LogP contribution is 2.42. The molecule has 0 saturated carbocycles. The molecule has 8 aromatic rings. The molecule has 2 aromatic carbocycles. The number of aromatic nitrogens is 10. The van der Waals surface area contributed by atoms with E-state index in [1.54, 1.807) is 55.1 Å². The number of benzene rings is 2. The van der Waals surface area contributed by atoms with Crippen LogP contribution in [0.4, 0.5) is 20.4 Å². The Morgan fingerprint density at radius 3 is 1.48 bits per heavy atom. The maximum absolute atomic E-state index is 14.8. The Bertz CT molecular complexity index is 3410. The Kier molecular flexibility index (Phi) is 19.5. The number of anilines is 1. The minimum absolute atomic E-state index is 0.0117. The molecule has 0 aliphatic heterocycles. The second-order valence-corrected chi connectivity index (χ2v) is 33.2. The summed E-state index contributed by atoms with van der Waals surface area (Å²) in [7, 11) is -4.43. The molecule has 0 fully saturated rings. The van der Waals surface area contributed by atoms with E-state index in [1.807, 2.05) is 50.9 Å². The summed E-state index contributed by atoms with van der Waals surface area (Å²) in [5, 5.41) is 20.4. The molecule has 24 heteroatoms. The van der Waals surface area contributed by atoms with Crippen LogP contribution in [0.3, 0.4) is 0 Å². The molecule has 80 heavy (non-hydrogen) atoms. The van der Waals surface area contributed by atoms with Crippen LogP contribution in [0.15, 0.2) is 119 Å². The zero-order chi connectivity index (χ0) is 58.3. The largest absolute Gasteiger partial charge is 0.479 e. The Morgan fingerprint density at radius 2 is 1.07 bits per heavy atom. The van der Waals surface area contributed by atoms with Gasteiger partial charge in [-0.25, -0.2) is 23.7 Å². The van der Waals surface area contributed by atoms with Crippen LogP contribution in [0.2, 0.25) is 36.3 Å². The third-order valence-corrected chi connectivity index (χ3v) is 25.5. The normalized spacial score (nSPS) is 12.9. The lowest BCUT2D eigenvalue weighted by molar-refractivity contribution is -0.390. The highest BCUT2D eigenvalue weighted by molar-refractivity contribution is 9.10. The highest BCUT2D eigenvalue weighted by atomic mass is 79.9. The number of hydrogen-bond donors (Lipinski definition) is 1. The van der Waals surface area contributed by atoms with Crippen LogP contribution in [0.25, 0.3) is 22.8 Å². The smallest absolute Gasteiger partial charge is 0.406 e. The molecule has 6 aromatic heterocycles. The maximum Gasteiger partial charge on any atom is 0.406 e. The molecule has 0 radical (unpaired) electrons. The first kappa shape index (κ1) is 61.2. The van der Waals surface area contributed by atoms with Crippen molar-refractivity contribution in [3.05, 3.63) is 163 Å². The van der Waals surface area contributed by atoms with Crippen molar-refractivity contribution < 1.29 is 32.0 Å². The molecule has 0 spiro atoms. The predicted molar refractivity (Wildman–Crippen MR) is 317 cm³/mol. The van der Waals surface area contributed by atoms with Crippen LogP contribution >= 0.6 is 31.9 Å². The van der Waals surface area contributed by atoms with Crippen molar-refractivity contribution in [1.82, 2.24) is 48.6 Å². The summed E-state index contributed by atoms with van der Waals surface area (Å²) in [6.07, 6.45) is 12.2. The number of ether oxygens (including phenoxy) is 2. The van der Waals surface area contributed by atoms with Crippen molar-refractivity contribution in [3.8, 4) is 34.3 Å². The SMILES string of the molecule is CCn1ncc(Cn2ccnc2-c2ccc(F)cc2C(CO[Si](C)(C)C(C)(C)C)Oc2cccnc2N)c1Br.CCn1ncc(Cn2ccnc2-c2ccc(F)cc2C(CO[Si](C)(C)C(C)(C)C)Oc2cccnc2[N+](=O)[O-])c1Br. The zero-order valence-electron chi connectivity index (χ0n) is 47.2. The summed E-state index contributed by atoms with van der Waals surface area (Å²) < 4.78 is 64.9. The van der Waals surface area contributed by atoms with Crippen molar-refractivity contribution in [1.29, 1.82) is 0 Å². The Morgan fingerprint density at radius 1 is 0.650 bits per heavy atom. The van der Waals surface area contributed by atoms with Crippen molar-refractivity contribution in [2.24, 2.45) is 0 Å². The fourth-order valence-electron chi connectivity index (χ4n) is 8.00. The molecule has 426 valence electrons. The van der Waals surface area contributed by atoms with Gasteiger partial charge >= 0.3 is 5.82 Å². The van der Waals surface area contributed by atoms with E-state index in [4.69, 9.17) is 24.1 Å². The van der Waals surface area contributed by atoms with Gasteiger partial charge in [-0.1, -0.05) is 41.5 Å². The molecule has 0 saturated heterocycles. The number of nitrogen functional groups attached to an aromatic ring is 1. The second kappa shape index (κ2) is 25.6. The molecule has 0 aliphatic rings. The van der Waals surface area contributed by atoms with Crippen LogP contribution in [-0.2, 0) is 35.0 Å². The van der Waals surface area contributed by atoms with E-state index >= 15 is 0 Å².